The largest absolute Gasteiger partial charge is 0.215 e. The minimum Gasteiger partial charge on any atom is -0.215 e. The second kappa shape index (κ2) is 5.01. The predicted octanol–water partition coefficient (Wildman–Crippen LogP) is 1.30. The van der Waals surface area contributed by atoms with Crippen molar-refractivity contribution in [1.82, 2.24) is 4.31 Å². The molecule has 82 valence electrons. The molecular weight excluding hydrogens is 230 g/mol. The van der Waals surface area contributed by atoms with Crippen LogP contribution in [0.25, 0.3) is 0 Å². The van der Waals surface area contributed by atoms with Crippen molar-refractivity contribution >= 4 is 22.7 Å². The first-order valence-corrected chi connectivity index (χ1v) is 7.11. The van der Waals surface area contributed by atoms with E-state index in [9.17, 15) is 8.42 Å². The molecule has 2 rings (SSSR count). The molecule has 0 radical (unpaired) electrons. The van der Waals surface area contributed by atoms with Gasteiger partial charge in [-0.15, -0.1) is 0 Å². The smallest absolute Gasteiger partial charge is 0.204 e. The van der Waals surface area contributed by atoms with Crippen LogP contribution in [-0.2, 0) is 10.9 Å². The summed E-state index contributed by atoms with van der Waals surface area (Å²) in [5.41, 5.74) is 1.09. The normalized spacial score (nSPS) is 23.1. The van der Waals surface area contributed by atoms with Crippen molar-refractivity contribution in [2.75, 3.05) is 18.1 Å². The highest BCUT2D eigenvalue weighted by Gasteiger charge is 2.25. The molecule has 1 unspecified atom stereocenters. The van der Waals surface area contributed by atoms with E-state index in [2.05, 4.69) is 0 Å². The molecular formula is C10H13NO2S2. The van der Waals surface area contributed by atoms with Crippen LogP contribution in [0.5, 0.6) is 0 Å². The Bertz CT molecular complexity index is 384. The number of hydrogen-bond donors (Lipinski definition) is 1. The maximum Gasteiger partial charge on any atom is 0.204 e. The molecule has 0 bridgehead atoms. The summed E-state index contributed by atoms with van der Waals surface area (Å²) in [5, 5.41) is 0. The minimum absolute atomic E-state index is 0.0195. The Labute approximate surface area is 95.6 Å². The van der Waals surface area contributed by atoms with Crippen LogP contribution in [0.4, 0.5) is 0 Å². The maximum atomic E-state index is 11.1. The summed E-state index contributed by atoms with van der Waals surface area (Å²) in [4.78, 5) is 0. The van der Waals surface area contributed by atoms with E-state index in [-0.39, 0.29) is 6.04 Å². The van der Waals surface area contributed by atoms with Crippen molar-refractivity contribution in [3.8, 4) is 0 Å². The van der Waals surface area contributed by atoms with E-state index in [4.69, 9.17) is 0 Å². The number of hydrogen-bond acceptors (Lipinski definition) is 3. The van der Waals surface area contributed by atoms with Gasteiger partial charge in [-0.25, -0.2) is 8.42 Å². The van der Waals surface area contributed by atoms with Crippen LogP contribution >= 0.6 is 11.8 Å². The van der Waals surface area contributed by atoms with Gasteiger partial charge in [-0.05, 0) is 5.56 Å². The molecule has 1 saturated heterocycles. The second-order valence-electron chi connectivity index (χ2n) is 3.40. The molecule has 3 nitrogen and oxygen atoms in total. The number of benzene rings is 1. The van der Waals surface area contributed by atoms with Gasteiger partial charge in [-0.2, -0.15) is 16.1 Å². The highest BCUT2D eigenvalue weighted by atomic mass is 32.2. The standard InChI is InChI=1S/C10H13NO2S2/c12-15(13)11-6-7-14-8-10(11)9-4-2-1-3-5-9/h1-5,10,15H,6-8H2. The monoisotopic (exact) mass is 243 g/mol. The third kappa shape index (κ3) is 2.53. The molecule has 1 heterocycles. The van der Waals surface area contributed by atoms with E-state index in [0.29, 0.717) is 6.54 Å². The van der Waals surface area contributed by atoms with Gasteiger partial charge in [0.25, 0.3) is 0 Å². The number of rotatable bonds is 2. The molecule has 1 atom stereocenters. The Morgan fingerprint density at radius 1 is 1.27 bits per heavy atom. The van der Waals surface area contributed by atoms with Crippen molar-refractivity contribution in [1.29, 1.82) is 0 Å². The molecule has 1 aromatic rings. The summed E-state index contributed by atoms with van der Waals surface area (Å²) in [7, 11) is -2.46. The molecule has 1 aliphatic rings. The van der Waals surface area contributed by atoms with E-state index in [1.165, 1.54) is 0 Å². The van der Waals surface area contributed by atoms with Crippen LogP contribution in [-0.4, -0.2) is 30.8 Å². The molecule has 1 fully saturated rings. The Kier molecular flexibility index (Phi) is 3.66. The summed E-state index contributed by atoms with van der Waals surface area (Å²) in [6.45, 7) is 0.628. The molecule has 0 aromatic heterocycles. The van der Waals surface area contributed by atoms with Gasteiger partial charge in [0.1, 0.15) is 0 Å². The maximum absolute atomic E-state index is 11.1. The Hall–Kier alpha value is -0.520. The Balaban J connectivity index is 2.25. The average molecular weight is 243 g/mol. The molecule has 1 aromatic carbocycles. The van der Waals surface area contributed by atoms with Crippen LogP contribution < -0.4 is 0 Å². The van der Waals surface area contributed by atoms with Crippen molar-refractivity contribution in [2.24, 2.45) is 0 Å². The van der Waals surface area contributed by atoms with Gasteiger partial charge in [-0.1, -0.05) is 30.3 Å². The first-order valence-electron chi connectivity index (χ1n) is 4.82. The quantitative estimate of drug-likeness (QED) is 0.796. The predicted molar refractivity (Wildman–Crippen MR) is 63.5 cm³/mol. The van der Waals surface area contributed by atoms with E-state index in [1.807, 2.05) is 42.1 Å². The van der Waals surface area contributed by atoms with Crippen LogP contribution in [0.1, 0.15) is 11.6 Å². The van der Waals surface area contributed by atoms with Gasteiger partial charge in [0, 0.05) is 18.1 Å². The molecule has 0 aliphatic carbocycles. The highest BCUT2D eigenvalue weighted by Crippen LogP contribution is 2.29. The Morgan fingerprint density at radius 3 is 2.67 bits per heavy atom. The summed E-state index contributed by atoms with van der Waals surface area (Å²) in [6.07, 6.45) is 0. The summed E-state index contributed by atoms with van der Waals surface area (Å²) < 4.78 is 23.8. The molecule has 5 heteroatoms. The van der Waals surface area contributed by atoms with Crippen LogP contribution in [0.2, 0.25) is 0 Å². The molecule has 15 heavy (non-hydrogen) atoms. The summed E-state index contributed by atoms with van der Waals surface area (Å²) >= 11 is 1.81. The third-order valence-electron chi connectivity index (χ3n) is 2.49. The van der Waals surface area contributed by atoms with Gasteiger partial charge < -0.3 is 0 Å². The molecule has 0 amide bonds. The zero-order valence-corrected chi connectivity index (χ0v) is 9.92. The SMILES string of the molecule is O=[SH](=O)N1CCSCC1c1ccccc1. The van der Waals surface area contributed by atoms with Crippen LogP contribution in [0.15, 0.2) is 30.3 Å². The first kappa shape index (κ1) is 11.0. The number of thioether (sulfide) groups is 1. The van der Waals surface area contributed by atoms with E-state index in [0.717, 1.165) is 17.1 Å². The topological polar surface area (TPSA) is 37.4 Å². The lowest BCUT2D eigenvalue weighted by Crippen LogP contribution is -2.34. The fourth-order valence-electron chi connectivity index (χ4n) is 1.73. The van der Waals surface area contributed by atoms with E-state index >= 15 is 0 Å². The first-order chi connectivity index (χ1) is 7.29. The molecule has 0 N–H and O–H groups in total. The Morgan fingerprint density at radius 2 is 2.00 bits per heavy atom. The van der Waals surface area contributed by atoms with Gasteiger partial charge >= 0.3 is 0 Å². The summed E-state index contributed by atoms with van der Waals surface area (Å²) in [5.74, 6) is 1.75. The highest BCUT2D eigenvalue weighted by molar-refractivity contribution is 7.99. The lowest BCUT2D eigenvalue weighted by Gasteiger charge is -2.30. The number of nitrogens with zero attached hydrogens (tertiary/aromatic N) is 1. The average Bonchev–Trinajstić information content (AvgIpc) is 2.30. The van der Waals surface area contributed by atoms with Gasteiger partial charge in [0.05, 0.1) is 6.04 Å². The van der Waals surface area contributed by atoms with Crippen LogP contribution in [0.3, 0.4) is 0 Å². The molecule has 1 aliphatic heterocycles. The minimum atomic E-state index is -2.46. The molecule has 0 spiro atoms. The van der Waals surface area contributed by atoms with Gasteiger partial charge in [0.15, 0.2) is 0 Å². The van der Waals surface area contributed by atoms with E-state index in [1.54, 1.807) is 4.31 Å². The molecule has 0 saturated carbocycles. The fourth-order valence-corrected chi connectivity index (χ4v) is 3.77. The summed E-state index contributed by atoms with van der Waals surface area (Å²) in [6, 6.07) is 9.84. The van der Waals surface area contributed by atoms with Crippen molar-refractivity contribution in [3.63, 3.8) is 0 Å². The lowest BCUT2D eigenvalue weighted by atomic mass is 10.1. The number of thiol groups is 1. The van der Waals surface area contributed by atoms with Crippen molar-refractivity contribution < 1.29 is 8.42 Å². The van der Waals surface area contributed by atoms with Crippen molar-refractivity contribution in [3.05, 3.63) is 35.9 Å². The van der Waals surface area contributed by atoms with Gasteiger partial charge in [0.2, 0.25) is 10.9 Å². The third-order valence-corrected chi connectivity index (χ3v) is 4.42. The zero-order chi connectivity index (χ0) is 10.7. The second-order valence-corrected chi connectivity index (χ2v) is 5.54. The van der Waals surface area contributed by atoms with E-state index < -0.39 is 10.9 Å². The lowest BCUT2D eigenvalue weighted by molar-refractivity contribution is 0.367. The fraction of sp³-hybridized carbons (Fsp3) is 0.400. The van der Waals surface area contributed by atoms with Gasteiger partial charge in [-0.3, -0.25) is 0 Å². The van der Waals surface area contributed by atoms with Crippen LogP contribution in [0, 0.1) is 0 Å². The van der Waals surface area contributed by atoms with Crippen molar-refractivity contribution in [2.45, 2.75) is 6.04 Å². The zero-order valence-electron chi connectivity index (χ0n) is 8.20.